The van der Waals surface area contributed by atoms with E-state index in [0.717, 1.165) is 6.07 Å². The number of piperidine rings is 1. The molecule has 0 aliphatic carbocycles. The molecular weight excluding hydrogens is 333 g/mol. The maximum Gasteiger partial charge on any atom is 0.414 e. The first-order valence-corrected chi connectivity index (χ1v) is 7.13. The molecule has 0 radical (unpaired) electrons. The van der Waals surface area contributed by atoms with Crippen molar-refractivity contribution < 1.29 is 27.6 Å². The van der Waals surface area contributed by atoms with Gasteiger partial charge in [-0.15, -0.1) is 0 Å². The Hall–Kier alpha value is -2.43. The van der Waals surface area contributed by atoms with Gasteiger partial charge in [0.05, 0.1) is 0 Å². The standard InChI is InChI=1S/C13H15F3N4O4/c14-13(15,16)7-24-19-11(22)9-3-1-2-6-20(9)12(23)8-4-5-10(21)18-17-8/h4-5,9H,1-3,6-7H2,(H,18,21)(H,19,22). The van der Waals surface area contributed by atoms with Gasteiger partial charge in [-0.05, 0) is 25.3 Å². The molecule has 2 rings (SSSR count). The molecule has 1 atom stereocenters. The van der Waals surface area contributed by atoms with Gasteiger partial charge in [0, 0.05) is 12.6 Å². The lowest BCUT2D eigenvalue weighted by molar-refractivity contribution is -0.193. The second-order valence-electron chi connectivity index (χ2n) is 5.19. The zero-order chi connectivity index (χ0) is 17.7. The van der Waals surface area contributed by atoms with Gasteiger partial charge in [-0.1, -0.05) is 0 Å². The van der Waals surface area contributed by atoms with Crippen LogP contribution in [0.3, 0.4) is 0 Å². The molecule has 0 aromatic carbocycles. The number of rotatable bonds is 4. The van der Waals surface area contributed by atoms with Gasteiger partial charge < -0.3 is 4.90 Å². The summed E-state index contributed by atoms with van der Waals surface area (Å²) in [6, 6.07) is 1.37. The van der Waals surface area contributed by atoms with Crippen LogP contribution in [-0.2, 0) is 9.63 Å². The third kappa shape index (κ3) is 4.78. The van der Waals surface area contributed by atoms with Crippen LogP contribution in [0.1, 0.15) is 29.8 Å². The number of aromatic amines is 1. The second kappa shape index (κ2) is 7.43. The maximum absolute atomic E-state index is 12.4. The summed E-state index contributed by atoms with van der Waals surface area (Å²) in [7, 11) is 0. The summed E-state index contributed by atoms with van der Waals surface area (Å²) in [4.78, 5) is 40.7. The molecule has 8 nitrogen and oxygen atoms in total. The third-order valence-electron chi connectivity index (χ3n) is 3.37. The molecule has 11 heteroatoms. The van der Waals surface area contributed by atoms with Gasteiger partial charge >= 0.3 is 6.18 Å². The summed E-state index contributed by atoms with van der Waals surface area (Å²) in [6.07, 6.45) is -3.01. The molecule has 2 heterocycles. The monoisotopic (exact) mass is 348 g/mol. The van der Waals surface area contributed by atoms with Crippen molar-refractivity contribution in [2.45, 2.75) is 31.5 Å². The molecule has 1 saturated heterocycles. The average molecular weight is 348 g/mol. The minimum absolute atomic E-state index is 0.0643. The fraction of sp³-hybridized carbons (Fsp3) is 0.538. The normalized spacial score (nSPS) is 18.3. The molecular formula is C13H15F3N4O4. The number of amides is 2. The van der Waals surface area contributed by atoms with Crippen LogP contribution in [0.15, 0.2) is 16.9 Å². The lowest BCUT2D eigenvalue weighted by Crippen LogP contribution is -2.52. The highest BCUT2D eigenvalue weighted by Gasteiger charge is 2.34. The minimum Gasteiger partial charge on any atom is -0.325 e. The number of alkyl halides is 3. The highest BCUT2D eigenvalue weighted by Crippen LogP contribution is 2.19. The van der Waals surface area contributed by atoms with Gasteiger partial charge in [-0.2, -0.15) is 18.3 Å². The lowest BCUT2D eigenvalue weighted by atomic mass is 10.0. The van der Waals surface area contributed by atoms with Crippen molar-refractivity contribution in [2.75, 3.05) is 13.2 Å². The number of aromatic nitrogens is 2. The SMILES string of the molecule is O=C(NOCC(F)(F)F)C1CCCCN1C(=O)c1ccc(=O)[nH]n1. The summed E-state index contributed by atoms with van der Waals surface area (Å²) in [6.45, 7) is -1.38. The van der Waals surface area contributed by atoms with Crippen molar-refractivity contribution in [3.05, 3.63) is 28.2 Å². The van der Waals surface area contributed by atoms with E-state index in [1.165, 1.54) is 11.0 Å². The highest BCUT2D eigenvalue weighted by molar-refractivity contribution is 5.96. The van der Waals surface area contributed by atoms with E-state index in [9.17, 15) is 27.6 Å². The summed E-state index contributed by atoms with van der Waals surface area (Å²) < 4.78 is 36.1. The van der Waals surface area contributed by atoms with E-state index in [2.05, 4.69) is 15.0 Å². The molecule has 24 heavy (non-hydrogen) atoms. The summed E-state index contributed by atoms with van der Waals surface area (Å²) >= 11 is 0. The Kier molecular flexibility index (Phi) is 5.54. The number of halogens is 3. The number of hydrogen-bond acceptors (Lipinski definition) is 5. The quantitative estimate of drug-likeness (QED) is 0.766. The molecule has 2 amide bonds. The van der Waals surface area contributed by atoms with Gasteiger partial charge in [0.15, 0.2) is 6.61 Å². The number of hydroxylamine groups is 1. The third-order valence-corrected chi connectivity index (χ3v) is 3.37. The number of likely N-dealkylation sites (tertiary alicyclic amines) is 1. The second-order valence-corrected chi connectivity index (χ2v) is 5.19. The Bertz CT molecular complexity index is 641. The molecule has 1 aromatic heterocycles. The first-order valence-electron chi connectivity index (χ1n) is 7.13. The van der Waals surface area contributed by atoms with Gasteiger partial charge in [0.1, 0.15) is 11.7 Å². The summed E-state index contributed by atoms with van der Waals surface area (Å²) in [5.74, 6) is -1.43. The molecule has 0 saturated carbocycles. The predicted octanol–water partition coefficient (Wildman–Crippen LogP) is 0.375. The Morgan fingerprint density at radius 2 is 2.12 bits per heavy atom. The molecule has 1 fully saturated rings. The van der Waals surface area contributed by atoms with E-state index in [-0.39, 0.29) is 18.7 Å². The van der Waals surface area contributed by atoms with Crippen LogP contribution in [0.5, 0.6) is 0 Å². The predicted molar refractivity (Wildman–Crippen MR) is 73.7 cm³/mol. The van der Waals surface area contributed by atoms with Crippen molar-refractivity contribution in [1.82, 2.24) is 20.6 Å². The molecule has 1 aliphatic heterocycles. The largest absolute Gasteiger partial charge is 0.414 e. The van der Waals surface area contributed by atoms with E-state index in [1.807, 2.05) is 0 Å². The van der Waals surface area contributed by atoms with E-state index in [0.29, 0.717) is 12.8 Å². The number of nitrogens with zero attached hydrogens (tertiary/aromatic N) is 2. The van der Waals surface area contributed by atoms with Crippen LogP contribution < -0.4 is 11.0 Å². The summed E-state index contributed by atoms with van der Waals surface area (Å²) in [5, 5.41) is 5.71. The van der Waals surface area contributed by atoms with Crippen LogP contribution in [-0.4, -0.2) is 52.3 Å². The maximum atomic E-state index is 12.4. The van der Waals surface area contributed by atoms with E-state index < -0.39 is 36.2 Å². The molecule has 0 bridgehead atoms. The van der Waals surface area contributed by atoms with Crippen LogP contribution in [0.4, 0.5) is 13.2 Å². The van der Waals surface area contributed by atoms with Crippen molar-refractivity contribution in [2.24, 2.45) is 0 Å². The zero-order valence-electron chi connectivity index (χ0n) is 12.4. The summed E-state index contributed by atoms with van der Waals surface area (Å²) in [5.41, 5.74) is 1.17. The lowest BCUT2D eigenvalue weighted by Gasteiger charge is -2.34. The highest BCUT2D eigenvalue weighted by atomic mass is 19.4. The Balaban J connectivity index is 2.04. The minimum atomic E-state index is -4.57. The van der Waals surface area contributed by atoms with Crippen molar-refractivity contribution in [3.63, 3.8) is 0 Å². The molecule has 132 valence electrons. The number of hydrogen-bond donors (Lipinski definition) is 2. The van der Waals surface area contributed by atoms with E-state index >= 15 is 0 Å². The van der Waals surface area contributed by atoms with E-state index in [1.54, 1.807) is 5.48 Å². The van der Waals surface area contributed by atoms with Crippen molar-refractivity contribution >= 4 is 11.8 Å². The van der Waals surface area contributed by atoms with Gasteiger partial charge in [-0.25, -0.2) is 10.6 Å². The fourth-order valence-electron chi connectivity index (χ4n) is 2.32. The number of carbonyl (C=O) groups is 2. The molecule has 1 aromatic rings. The van der Waals surface area contributed by atoms with Crippen LogP contribution in [0, 0.1) is 0 Å². The number of carbonyl (C=O) groups excluding carboxylic acids is 2. The van der Waals surface area contributed by atoms with E-state index in [4.69, 9.17) is 0 Å². The van der Waals surface area contributed by atoms with Crippen LogP contribution in [0.2, 0.25) is 0 Å². The molecule has 1 unspecified atom stereocenters. The molecule has 0 spiro atoms. The Morgan fingerprint density at radius 1 is 1.38 bits per heavy atom. The topological polar surface area (TPSA) is 104 Å². The van der Waals surface area contributed by atoms with Crippen molar-refractivity contribution in [3.8, 4) is 0 Å². The zero-order valence-corrected chi connectivity index (χ0v) is 12.4. The first kappa shape index (κ1) is 17.9. The number of H-pyrrole nitrogens is 1. The Labute approximate surface area is 133 Å². The average Bonchev–Trinajstić information content (AvgIpc) is 2.53. The first-order chi connectivity index (χ1) is 11.3. The fourth-order valence-corrected chi connectivity index (χ4v) is 2.32. The number of nitrogens with one attached hydrogen (secondary N) is 2. The van der Waals surface area contributed by atoms with Crippen LogP contribution >= 0.6 is 0 Å². The van der Waals surface area contributed by atoms with Gasteiger partial charge in [-0.3, -0.25) is 19.2 Å². The Morgan fingerprint density at radius 3 is 2.75 bits per heavy atom. The smallest absolute Gasteiger partial charge is 0.325 e. The van der Waals surface area contributed by atoms with Gasteiger partial charge in [0.2, 0.25) is 0 Å². The van der Waals surface area contributed by atoms with Gasteiger partial charge in [0.25, 0.3) is 17.4 Å². The van der Waals surface area contributed by atoms with Crippen molar-refractivity contribution in [1.29, 1.82) is 0 Å². The molecule has 2 N–H and O–H groups in total. The molecule has 1 aliphatic rings. The van der Waals surface area contributed by atoms with Crippen LogP contribution in [0.25, 0.3) is 0 Å².